The number of nitrogens with one attached hydrogen (secondary N) is 2. The van der Waals surface area contributed by atoms with Crippen molar-refractivity contribution in [2.24, 2.45) is 0 Å². The van der Waals surface area contributed by atoms with Crippen molar-refractivity contribution in [1.29, 1.82) is 0 Å². The number of amides is 1. The molecule has 0 unspecified atom stereocenters. The van der Waals surface area contributed by atoms with Crippen LogP contribution in [-0.4, -0.2) is 34.8 Å². The Bertz CT molecular complexity index is 746. The van der Waals surface area contributed by atoms with E-state index in [1.807, 2.05) is 13.8 Å². The molecule has 0 saturated heterocycles. The average molecular weight is 391 g/mol. The van der Waals surface area contributed by atoms with Crippen molar-refractivity contribution in [1.82, 2.24) is 20.4 Å². The van der Waals surface area contributed by atoms with E-state index >= 15 is 0 Å². The summed E-state index contributed by atoms with van der Waals surface area (Å²) in [6.07, 6.45) is -3.75. The van der Waals surface area contributed by atoms with Crippen LogP contribution in [-0.2, 0) is 6.18 Å². The van der Waals surface area contributed by atoms with Crippen molar-refractivity contribution in [2.75, 3.05) is 13.1 Å². The Balaban J connectivity index is 0.00000338. The van der Waals surface area contributed by atoms with Crippen LogP contribution in [0.4, 0.5) is 13.2 Å². The van der Waals surface area contributed by atoms with Gasteiger partial charge >= 0.3 is 6.18 Å². The first kappa shape index (κ1) is 22.0. The lowest BCUT2D eigenvalue weighted by molar-refractivity contribution is -0.143. The summed E-state index contributed by atoms with van der Waals surface area (Å²) in [5.41, 5.74) is -0.645. The molecule has 0 aliphatic rings. The number of rotatable bonds is 6. The molecule has 1 heterocycles. The molecule has 1 amide bonds. The van der Waals surface area contributed by atoms with Gasteiger partial charge in [0.05, 0.1) is 17.4 Å². The second kappa shape index (κ2) is 9.05. The lowest BCUT2D eigenvalue weighted by Gasteiger charge is -2.15. The Hall–Kier alpha value is -2.06. The van der Waals surface area contributed by atoms with Gasteiger partial charge in [-0.3, -0.25) is 4.79 Å². The van der Waals surface area contributed by atoms with Crippen molar-refractivity contribution < 1.29 is 18.0 Å². The summed E-state index contributed by atoms with van der Waals surface area (Å²) in [6.45, 7) is 6.36. The van der Waals surface area contributed by atoms with Gasteiger partial charge in [-0.1, -0.05) is 25.1 Å². The van der Waals surface area contributed by atoms with E-state index in [0.717, 1.165) is 10.9 Å². The molecule has 0 saturated carbocycles. The first-order valence-corrected chi connectivity index (χ1v) is 7.98. The lowest BCUT2D eigenvalue weighted by Crippen LogP contribution is -2.39. The molecule has 1 atom stereocenters. The van der Waals surface area contributed by atoms with E-state index in [9.17, 15) is 18.0 Å². The second-order valence-electron chi connectivity index (χ2n) is 5.77. The molecule has 1 aromatic carbocycles. The van der Waals surface area contributed by atoms with Gasteiger partial charge in [0, 0.05) is 12.6 Å². The molecular formula is C17H22ClF3N4O. The number of aryl methyl sites for hydroxylation is 1. The van der Waals surface area contributed by atoms with Crippen LogP contribution in [0.1, 0.15) is 35.5 Å². The van der Waals surface area contributed by atoms with Crippen LogP contribution in [0.3, 0.4) is 0 Å². The molecule has 0 fully saturated rings. The van der Waals surface area contributed by atoms with Gasteiger partial charge in [-0.25, -0.2) is 4.68 Å². The Labute approximate surface area is 156 Å². The quantitative estimate of drug-likeness (QED) is 0.795. The van der Waals surface area contributed by atoms with Gasteiger partial charge in [0.15, 0.2) is 5.69 Å². The Morgan fingerprint density at radius 1 is 1.31 bits per heavy atom. The van der Waals surface area contributed by atoms with Crippen molar-refractivity contribution >= 4 is 18.3 Å². The summed E-state index contributed by atoms with van der Waals surface area (Å²) in [7, 11) is 0. The van der Waals surface area contributed by atoms with E-state index in [0.29, 0.717) is 12.1 Å². The predicted octanol–water partition coefficient (Wildman–Crippen LogP) is 3.35. The number of hydrogen-bond donors (Lipinski definition) is 2. The van der Waals surface area contributed by atoms with Crippen LogP contribution < -0.4 is 10.6 Å². The molecule has 0 aliphatic carbocycles. The molecule has 144 valence electrons. The summed E-state index contributed by atoms with van der Waals surface area (Å²) >= 11 is 0. The second-order valence-corrected chi connectivity index (χ2v) is 5.77. The Morgan fingerprint density at radius 3 is 2.54 bits per heavy atom. The molecule has 0 spiro atoms. The normalized spacial score (nSPS) is 12.4. The predicted molar refractivity (Wildman–Crippen MR) is 96.0 cm³/mol. The van der Waals surface area contributed by atoms with Crippen LogP contribution in [0.15, 0.2) is 30.5 Å². The van der Waals surface area contributed by atoms with E-state index in [1.165, 1.54) is 6.07 Å². The number of carbonyl (C=O) groups excluding carboxylic acids is 1. The number of hydrogen-bond acceptors (Lipinski definition) is 3. The van der Waals surface area contributed by atoms with Crippen LogP contribution >= 0.6 is 12.4 Å². The summed E-state index contributed by atoms with van der Waals surface area (Å²) < 4.78 is 41.5. The number of alkyl halides is 3. The monoisotopic (exact) mass is 390 g/mol. The average Bonchev–Trinajstić information content (AvgIpc) is 2.98. The van der Waals surface area contributed by atoms with Gasteiger partial charge in [-0.05, 0) is 32.0 Å². The summed E-state index contributed by atoms with van der Waals surface area (Å²) in [6, 6.07) is 6.53. The topological polar surface area (TPSA) is 58.9 Å². The largest absolute Gasteiger partial charge is 0.434 e. The fourth-order valence-corrected chi connectivity index (χ4v) is 2.53. The lowest BCUT2D eigenvalue weighted by atomic mass is 10.1. The smallest absolute Gasteiger partial charge is 0.350 e. The number of benzene rings is 1. The molecule has 1 aromatic heterocycles. The fraction of sp³-hybridized carbons (Fsp3) is 0.412. The molecule has 0 bridgehead atoms. The van der Waals surface area contributed by atoms with Gasteiger partial charge in [0.1, 0.15) is 0 Å². The Kier molecular flexibility index (Phi) is 7.65. The molecule has 5 nitrogen and oxygen atoms in total. The first-order valence-electron chi connectivity index (χ1n) is 7.98. The number of halogens is 4. The zero-order valence-corrected chi connectivity index (χ0v) is 15.5. The Morgan fingerprint density at radius 2 is 1.96 bits per heavy atom. The third-order valence-corrected chi connectivity index (χ3v) is 3.75. The summed E-state index contributed by atoms with van der Waals surface area (Å²) in [5.74, 6) is -0.795. The van der Waals surface area contributed by atoms with E-state index < -0.39 is 23.3 Å². The van der Waals surface area contributed by atoms with Crippen molar-refractivity contribution in [3.05, 3.63) is 47.3 Å². The summed E-state index contributed by atoms with van der Waals surface area (Å²) in [4.78, 5) is 12.3. The number of nitrogens with zero attached hydrogens (tertiary/aromatic N) is 2. The van der Waals surface area contributed by atoms with Gasteiger partial charge in [-0.2, -0.15) is 18.3 Å². The van der Waals surface area contributed by atoms with Gasteiger partial charge in [0.25, 0.3) is 5.91 Å². The van der Waals surface area contributed by atoms with Gasteiger partial charge in [0.2, 0.25) is 0 Å². The van der Waals surface area contributed by atoms with E-state index in [-0.39, 0.29) is 30.7 Å². The van der Waals surface area contributed by atoms with E-state index in [1.54, 1.807) is 25.1 Å². The number of likely N-dealkylation sites (N-methyl/N-ethyl adjacent to an activating group) is 1. The minimum absolute atomic E-state index is 0. The molecule has 9 heteroatoms. The van der Waals surface area contributed by atoms with Crippen molar-refractivity contribution in [2.45, 2.75) is 33.0 Å². The first-order chi connectivity index (χ1) is 11.8. The molecule has 0 radical (unpaired) electrons. The molecule has 2 N–H and O–H groups in total. The maximum absolute atomic E-state index is 13.6. The number of carbonyl (C=O) groups is 1. The van der Waals surface area contributed by atoms with Crippen LogP contribution in [0.25, 0.3) is 5.69 Å². The molecule has 2 aromatic rings. The van der Waals surface area contributed by atoms with Gasteiger partial charge < -0.3 is 10.6 Å². The van der Waals surface area contributed by atoms with E-state index in [4.69, 9.17) is 0 Å². The minimum Gasteiger partial charge on any atom is -0.350 e. The highest BCUT2D eigenvalue weighted by Gasteiger charge is 2.40. The molecule has 2 rings (SSSR count). The zero-order valence-electron chi connectivity index (χ0n) is 14.7. The fourth-order valence-electron chi connectivity index (χ4n) is 2.53. The number of aromatic nitrogens is 2. The highest BCUT2D eigenvalue weighted by molar-refractivity contribution is 5.95. The highest BCUT2D eigenvalue weighted by atomic mass is 35.5. The third kappa shape index (κ3) is 4.98. The third-order valence-electron chi connectivity index (χ3n) is 3.75. The molecule has 0 aliphatic heterocycles. The van der Waals surface area contributed by atoms with Crippen molar-refractivity contribution in [3.63, 3.8) is 0 Å². The highest BCUT2D eigenvalue weighted by Crippen LogP contribution is 2.34. The minimum atomic E-state index is -4.71. The SMILES string of the molecule is CCN[C@H](C)CNC(=O)c1cnn(-c2ccccc2C)c1C(F)(F)F.Cl. The standard InChI is InChI=1S/C17H21F3N4O.ClH/c1-4-21-12(3)9-22-16(25)13-10-23-24(15(13)17(18,19)20)14-8-6-5-7-11(14)2;/h5-8,10,12,21H,4,9H2,1-3H3,(H,22,25);1H/t12-;/m1./s1. The van der Waals surface area contributed by atoms with Crippen LogP contribution in [0, 0.1) is 6.92 Å². The van der Waals surface area contributed by atoms with E-state index in [2.05, 4.69) is 15.7 Å². The summed E-state index contributed by atoms with van der Waals surface area (Å²) in [5, 5.41) is 9.42. The maximum Gasteiger partial charge on any atom is 0.434 e. The molecule has 26 heavy (non-hydrogen) atoms. The van der Waals surface area contributed by atoms with Crippen LogP contribution in [0.5, 0.6) is 0 Å². The van der Waals surface area contributed by atoms with Crippen molar-refractivity contribution in [3.8, 4) is 5.69 Å². The molecular weight excluding hydrogens is 369 g/mol. The van der Waals surface area contributed by atoms with Gasteiger partial charge in [-0.15, -0.1) is 12.4 Å². The zero-order chi connectivity index (χ0) is 18.6. The number of para-hydroxylation sites is 1. The maximum atomic E-state index is 13.6. The van der Waals surface area contributed by atoms with Crippen LogP contribution in [0.2, 0.25) is 0 Å².